The van der Waals surface area contributed by atoms with Crippen molar-refractivity contribution in [1.29, 1.82) is 0 Å². The molecular weight excluding hydrogens is 244 g/mol. The Hall–Kier alpha value is -2.40. The molecule has 2 rings (SSSR count). The molecule has 5 heteroatoms. The summed E-state index contributed by atoms with van der Waals surface area (Å²) in [5.41, 5.74) is 5.93. The van der Waals surface area contributed by atoms with Gasteiger partial charge in [0.05, 0.1) is 0 Å². The molecule has 0 bridgehead atoms. The molecule has 19 heavy (non-hydrogen) atoms. The van der Waals surface area contributed by atoms with Crippen LogP contribution in [-0.4, -0.2) is 30.1 Å². The number of likely N-dealkylation sites (N-methyl/N-ethyl adjacent to an activating group) is 1. The van der Waals surface area contributed by atoms with E-state index in [1.54, 1.807) is 6.07 Å². The maximum absolute atomic E-state index is 11.8. The van der Waals surface area contributed by atoms with Crippen LogP contribution in [-0.2, 0) is 9.59 Å². The second-order valence-electron chi connectivity index (χ2n) is 4.24. The van der Waals surface area contributed by atoms with Crippen molar-refractivity contribution in [2.75, 3.05) is 11.9 Å². The van der Waals surface area contributed by atoms with E-state index in [4.69, 9.17) is 10.8 Å². The van der Waals surface area contributed by atoms with E-state index in [-0.39, 0.29) is 0 Å². The van der Waals surface area contributed by atoms with Crippen LogP contribution >= 0.6 is 0 Å². The molecule has 0 saturated heterocycles. The molecule has 0 aliphatic carbocycles. The summed E-state index contributed by atoms with van der Waals surface area (Å²) in [6.45, 7) is 0. The number of aliphatic carboxylic acids is 1. The summed E-state index contributed by atoms with van der Waals surface area (Å²) in [5, 5.41) is 10.8. The summed E-state index contributed by atoms with van der Waals surface area (Å²) in [6.07, 6.45) is 0. The van der Waals surface area contributed by atoms with Gasteiger partial charge in [0.1, 0.15) is 0 Å². The number of carbonyl (C=O) groups is 2. The Morgan fingerprint density at radius 2 is 1.79 bits per heavy atom. The van der Waals surface area contributed by atoms with E-state index in [2.05, 4.69) is 0 Å². The van der Waals surface area contributed by atoms with Crippen LogP contribution in [0.25, 0.3) is 10.8 Å². The van der Waals surface area contributed by atoms with E-state index in [9.17, 15) is 9.59 Å². The first-order valence-corrected chi connectivity index (χ1v) is 5.75. The van der Waals surface area contributed by atoms with Gasteiger partial charge in [0.2, 0.25) is 0 Å². The minimum Gasteiger partial charge on any atom is -0.480 e. The van der Waals surface area contributed by atoms with Crippen molar-refractivity contribution in [2.24, 2.45) is 5.73 Å². The van der Waals surface area contributed by atoms with Gasteiger partial charge in [0.25, 0.3) is 5.91 Å². The van der Waals surface area contributed by atoms with E-state index in [0.29, 0.717) is 5.69 Å². The lowest BCUT2D eigenvalue weighted by Gasteiger charge is -2.19. The van der Waals surface area contributed by atoms with E-state index >= 15 is 0 Å². The first kappa shape index (κ1) is 13.0. The van der Waals surface area contributed by atoms with Gasteiger partial charge in [-0.3, -0.25) is 4.79 Å². The van der Waals surface area contributed by atoms with Crippen LogP contribution in [0.4, 0.5) is 5.69 Å². The number of nitrogens with two attached hydrogens (primary N) is 1. The molecule has 5 nitrogen and oxygen atoms in total. The highest BCUT2D eigenvalue weighted by Gasteiger charge is 2.25. The highest BCUT2D eigenvalue weighted by atomic mass is 16.4. The predicted octanol–water partition coefficient (Wildman–Crippen LogP) is 1.21. The molecule has 98 valence electrons. The molecule has 2 aromatic carbocycles. The average Bonchev–Trinajstić information content (AvgIpc) is 2.44. The quantitative estimate of drug-likeness (QED) is 0.811. The number of nitrogens with zero attached hydrogens (tertiary/aromatic N) is 1. The van der Waals surface area contributed by atoms with E-state index in [1.807, 2.05) is 36.4 Å². The molecule has 0 radical (unpaired) electrons. The molecule has 0 aliphatic heterocycles. The average molecular weight is 258 g/mol. The van der Waals surface area contributed by atoms with Gasteiger partial charge in [-0.1, -0.05) is 30.3 Å². The zero-order valence-electron chi connectivity index (χ0n) is 10.4. The van der Waals surface area contributed by atoms with Gasteiger partial charge in [-0.15, -0.1) is 0 Å². The third-order valence-electron chi connectivity index (χ3n) is 2.98. The molecule has 0 aliphatic rings. The van der Waals surface area contributed by atoms with Gasteiger partial charge in [0.15, 0.2) is 6.04 Å². The zero-order valence-corrected chi connectivity index (χ0v) is 10.4. The monoisotopic (exact) mass is 258 g/mol. The van der Waals surface area contributed by atoms with Crippen molar-refractivity contribution in [2.45, 2.75) is 6.04 Å². The topological polar surface area (TPSA) is 83.6 Å². The second-order valence-corrected chi connectivity index (χ2v) is 4.24. The van der Waals surface area contributed by atoms with Gasteiger partial charge in [-0.2, -0.15) is 0 Å². The standard InChI is InChI=1S/C14H14N2O3/c1-16(13(17)12(15)14(18)19)11-7-6-9-4-2-3-5-10(9)8-11/h2-8,12H,15H2,1H3,(H,18,19). The fourth-order valence-electron chi connectivity index (χ4n) is 1.83. The maximum Gasteiger partial charge on any atom is 0.330 e. The molecule has 1 amide bonds. The largest absolute Gasteiger partial charge is 0.480 e. The first-order valence-electron chi connectivity index (χ1n) is 5.75. The number of fused-ring (bicyclic) bond motifs is 1. The maximum atomic E-state index is 11.8. The number of carboxylic acids is 1. The SMILES string of the molecule is CN(C(=O)C(N)C(=O)O)c1ccc2ccccc2c1. The van der Waals surface area contributed by atoms with Crippen molar-refractivity contribution < 1.29 is 14.7 Å². The lowest BCUT2D eigenvalue weighted by molar-refractivity contribution is -0.142. The van der Waals surface area contributed by atoms with E-state index < -0.39 is 17.9 Å². The summed E-state index contributed by atoms with van der Waals surface area (Å²) >= 11 is 0. The third-order valence-corrected chi connectivity index (χ3v) is 2.98. The van der Waals surface area contributed by atoms with Gasteiger partial charge < -0.3 is 15.7 Å². The molecule has 0 spiro atoms. The number of hydrogen-bond donors (Lipinski definition) is 2. The van der Waals surface area contributed by atoms with Gasteiger partial charge in [0, 0.05) is 12.7 Å². The zero-order chi connectivity index (χ0) is 14.0. The Balaban J connectivity index is 2.33. The van der Waals surface area contributed by atoms with Crippen molar-refractivity contribution in [3.8, 4) is 0 Å². The lowest BCUT2D eigenvalue weighted by Crippen LogP contribution is -2.46. The van der Waals surface area contributed by atoms with Crippen LogP contribution in [0.15, 0.2) is 42.5 Å². The summed E-state index contributed by atoms with van der Waals surface area (Å²) in [4.78, 5) is 23.8. The molecule has 2 aromatic rings. The summed E-state index contributed by atoms with van der Waals surface area (Å²) in [7, 11) is 1.51. The Morgan fingerprint density at radius 3 is 2.42 bits per heavy atom. The van der Waals surface area contributed by atoms with Crippen LogP contribution in [0.1, 0.15) is 0 Å². The van der Waals surface area contributed by atoms with Crippen molar-refractivity contribution in [1.82, 2.24) is 0 Å². The molecular formula is C14H14N2O3. The molecule has 1 unspecified atom stereocenters. The number of amides is 1. The Bertz CT molecular complexity index is 639. The number of benzene rings is 2. The normalized spacial score (nSPS) is 12.1. The molecule has 3 N–H and O–H groups in total. The molecule has 1 atom stereocenters. The predicted molar refractivity (Wildman–Crippen MR) is 73.0 cm³/mol. The fraction of sp³-hybridized carbons (Fsp3) is 0.143. The minimum absolute atomic E-state index is 0.611. The number of carboxylic acid groups (broad SMARTS) is 1. The molecule has 0 heterocycles. The van der Waals surface area contributed by atoms with Crippen molar-refractivity contribution in [3.05, 3.63) is 42.5 Å². The highest BCUT2D eigenvalue weighted by Crippen LogP contribution is 2.21. The minimum atomic E-state index is -1.54. The number of anilines is 1. The van der Waals surface area contributed by atoms with Crippen molar-refractivity contribution in [3.63, 3.8) is 0 Å². The highest BCUT2D eigenvalue weighted by molar-refractivity contribution is 6.09. The van der Waals surface area contributed by atoms with Crippen LogP contribution in [0.3, 0.4) is 0 Å². The van der Waals surface area contributed by atoms with Crippen LogP contribution in [0.5, 0.6) is 0 Å². The lowest BCUT2D eigenvalue weighted by atomic mass is 10.1. The van der Waals surface area contributed by atoms with E-state index in [1.165, 1.54) is 11.9 Å². The molecule has 0 fully saturated rings. The van der Waals surface area contributed by atoms with Gasteiger partial charge in [-0.05, 0) is 22.9 Å². The van der Waals surface area contributed by atoms with Crippen LogP contribution in [0, 0.1) is 0 Å². The van der Waals surface area contributed by atoms with E-state index in [0.717, 1.165) is 10.8 Å². The summed E-state index contributed by atoms with van der Waals surface area (Å²) < 4.78 is 0. The Kier molecular flexibility index (Phi) is 3.48. The van der Waals surface area contributed by atoms with Crippen molar-refractivity contribution >= 4 is 28.3 Å². The van der Waals surface area contributed by atoms with Crippen LogP contribution in [0.2, 0.25) is 0 Å². The summed E-state index contributed by atoms with van der Waals surface area (Å²) in [6, 6.07) is 11.6. The number of rotatable bonds is 3. The third kappa shape index (κ3) is 2.56. The van der Waals surface area contributed by atoms with Gasteiger partial charge >= 0.3 is 5.97 Å². The smallest absolute Gasteiger partial charge is 0.330 e. The first-order chi connectivity index (χ1) is 9.00. The van der Waals surface area contributed by atoms with Crippen LogP contribution < -0.4 is 10.6 Å². The number of hydrogen-bond acceptors (Lipinski definition) is 3. The Labute approximate surface area is 110 Å². The summed E-state index contributed by atoms with van der Waals surface area (Å²) in [5.74, 6) is -1.99. The van der Waals surface area contributed by atoms with Gasteiger partial charge in [-0.25, -0.2) is 4.79 Å². The fourth-order valence-corrected chi connectivity index (χ4v) is 1.83. The number of carbonyl (C=O) groups excluding carboxylic acids is 1. The molecule has 0 aromatic heterocycles. The Morgan fingerprint density at radius 1 is 1.16 bits per heavy atom. The molecule has 0 saturated carbocycles. The second kappa shape index (κ2) is 5.07.